The molecule has 1 amide bonds. The van der Waals surface area contributed by atoms with Gasteiger partial charge in [-0.15, -0.1) is 0 Å². The lowest BCUT2D eigenvalue weighted by molar-refractivity contribution is 0.0941. The summed E-state index contributed by atoms with van der Waals surface area (Å²) in [6.45, 7) is 6.84. The molecule has 8 heteroatoms. The van der Waals surface area contributed by atoms with Crippen LogP contribution in [0.15, 0.2) is 42.5 Å². The summed E-state index contributed by atoms with van der Waals surface area (Å²) in [5.41, 5.74) is 9.74. The molecule has 6 nitrogen and oxygen atoms in total. The minimum Gasteiger partial charge on any atom is -0.383 e. The highest BCUT2D eigenvalue weighted by molar-refractivity contribution is 5.98. The van der Waals surface area contributed by atoms with Gasteiger partial charge in [-0.2, -0.15) is 4.39 Å². The molecule has 3 N–H and O–H groups in total. The van der Waals surface area contributed by atoms with E-state index >= 15 is 0 Å². The normalized spacial score (nSPS) is 18.9. The number of carbonyl (C=O) groups excluding carboxylic acids is 1. The zero-order chi connectivity index (χ0) is 25.7. The van der Waals surface area contributed by atoms with Crippen LogP contribution in [0.3, 0.4) is 0 Å². The van der Waals surface area contributed by atoms with E-state index in [0.717, 1.165) is 37.8 Å². The summed E-state index contributed by atoms with van der Waals surface area (Å²) in [4.78, 5) is 21.0. The highest BCUT2D eigenvalue weighted by Crippen LogP contribution is 2.37. The summed E-state index contributed by atoms with van der Waals surface area (Å²) in [5, 5.41) is 2.66. The molecule has 3 aromatic rings. The lowest BCUT2D eigenvalue weighted by Gasteiger charge is -2.39. The van der Waals surface area contributed by atoms with Crippen LogP contribution in [-0.4, -0.2) is 54.6 Å². The van der Waals surface area contributed by atoms with Crippen LogP contribution in [0.5, 0.6) is 0 Å². The Bertz CT molecular complexity index is 1350. The van der Waals surface area contributed by atoms with Gasteiger partial charge < -0.3 is 16.0 Å². The Morgan fingerprint density at radius 2 is 1.73 bits per heavy atom. The maximum atomic E-state index is 14.9. The van der Waals surface area contributed by atoms with Gasteiger partial charge in [-0.1, -0.05) is 12.1 Å². The van der Waals surface area contributed by atoms with E-state index < -0.39 is 17.7 Å². The highest BCUT2D eigenvalue weighted by atomic mass is 19.1. The average Bonchev–Trinajstić information content (AvgIpc) is 3.74. The average molecular weight is 504 g/mol. The molecule has 1 saturated heterocycles. The van der Waals surface area contributed by atoms with Gasteiger partial charge in [-0.05, 0) is 79.1 Å². The molecule has 6 rings (SSSR count). The number of rotatable bonds is 5. The third kappa shape index (κ3) is 4.55. The predicted molar refractivity (Wildman–Crippen MR) is 141 cm³/mol. The number of benzene rings is 2. The number of piperazine rings is 1. The molecule has 2 aromatic carbocycles. The van der Waals surface area contributed by atoms with Gasteiger partial charge in [0.15, 0.2) is 0 Å². The van der Waals surface area contributed by atoms with Crippen LogP contribution < -0.4 is 16.0 Å². The summed E-state index contributed by atoms with van der Waals surface area (Å²) in [7, 11) is 0. The van der Waals surface area contributed by atoms with Crippen LogP contribution >= 0.6 is 0 Å². The predicted octanol–water partition coefficient (Wildman–Crippen LogP) is 4.48. The summed E-state index contributed by atoms with van der Waals surface area (Å²) in [6, 6.07) is 13.1. The number of aromatic nitrogens is 1. The maximum Gasteiger partial charge on any atom is 0.254 e. The van der Waals surface area contributed by atoms with Crippen molar-refractivity contribution in [3.63, 3.8) is 0 Å². The van der Waals surface area contributed by atoms with Gasteiger partial charge in [-0.25, -0.2) is 9.37 Å². The molecule has 1 atom stereocenters. The molecule has 2 aliphatic heterocycles. The summed E-state index contributed by atoms with van der Waals surface area (Å²) >= 11 is 0. The number of nitrogens with two attached hydrogens (primary N) is 1. The van der Waals surface area contributed by atoms with Crippen LogP contribution in [0, 0.1) is 17.7 Å². The van der Waals surface area contributed by atoms with E-state index in [2.05, 4.69) is 27.0 Å². The van der Waals surface area contributed by atoms with Gasteiger partial charge in [-0.3, -0.25) is 9.69 Å². The van der Waals surface area contributed by atoms with E-state index in [9.17, 15) is 13.6 Å². The van der Waals surface area contributed by atoms with Crippen LogP contribution in [0.2, 0.25) is 0 Å². The molecule has 1 saturated carbocycles. The van der Waals surface area contributed by atoms with E-state index in [4.69, 9.17) is 5.73 Å². The van der Waals surface area contributed by atoms with Gasteiger partial charge in [0.2, 0.25) is 5.95 Å². The third-order valence-corrected chi connectivity index (χ3v) is 8.13. The number of anilines is 2. The van der Waals surface area contributed by atoms with E-state index in [-0.39, 0.29) is 11.4 Å². The zero-order valence-corrected chi connectivity index (χ0v) is 20.9. The smallest absolute Gasteiger partial charge is 0.254 e. The molecular weight excluding hydrogens is 472 g/mol. The number of fused-ring (bicyclic) bond motifs is 1. The number of amides is 1. The topological polar surface area (TPSA) is 74.5 Å². The number of hydrogen-bond donors (Lipinski definition) is 2. The standard InChI is InChI=1S/C29H31F2N5O/c1-17(18-2-3-18)35-10-12-36(13-11-35)22-6-4-19(5-7-22)23-16-24(28(32)34-27(23)31)21-14-20-8-9-33-29(37)26(20)25(30)15-21/h4-7,14-18H,2-3,8-13H2,1H3,(H2,32,34)(H,33,37)/t17-/m0/s1. The lowest BCUT2D eigenvalue weighted by atomic mass is 9.93. The SMILES string of the molecule is C[C@@H](C1CC1)N1CCN(c2ccc(-c3cc(-c4cc(F)c5c(c4)CCNC5=O)c(N)nc3F)cc2)CC1. The Labute approximate surface area is 215 Å². The van der Waals surface area contributed by atoms with Crippen molar-refractivity contribution >= 4 is 17.4 Å². The van der Waals surface area contributed by atoms with Crippen molar-refractivity contribution in [1.29, 1.82) is 0 Å². The quantitative estimate of drug-likeness (QED) is 0.502. The number of carbonyl (C=O) groups is 1. The number of nitrogens with one attached hydrogen (secondary N) is 1. The van der Waals surface area contributed by atoms with Crippen LogP contribution in [0.4, 0.5) is 20.3 Å². The Morgan fingerprint density at radius 3 is 2.43 bits per heavy atom. The van der Waals surface area contributed by atoms with Crippen molar-refractivity contribution in [1.82, 2.24) is 15.2 Å². The number of nitrogens with zero attached hydrogens (tertiary/aromatic N) is 3. The van der Waals surface area contributed by atoms with Crippen LogP contribution in [-0.2, 0) is 6.42 Å². The molecule has 0 spiro atoms. The van der Waals surface area contributed by atoms with Crippen LogP contribution in [0.1, 0.15) is 35.7 Å². The number of hydrogen-bond acceptors (Lipinski definition) is 5. The molecule has 3 aliphatic rings. The van der Waals surface area contributed by atoms with Crippen molar-refractivity contribution in [3.05, 3.63) is 65.4 Å². The number of halogens is 2. The molecule has 0 bridgehead atoms. The minimum atomic E-state index is -0.672. The van der Waals surface area contributed by atoms with Crippen molar-refractivity contribution in [2.75, 3.05) is 43.4 Å². The second-order valence-corrected chi connectivity index (χ2v) is 10.4. The van der Waals surface area contributed by atoms with Gasteiger partial charge in [0.1, 0.15) is 11.6 Å². The van der Waals surface area contributed by atoms with Crippen molar-refractivity contribution in [2.24, 2.45) is 5.92 Å². The highest BCUT2D eigenvalue weighted by Gasteiger charge is 2.33. The first-order valence-corrected chi connectivity index (χ1v) is 13.1. The van der Waals surface area contributed by atoms with Gasteiger partial charge >= 0.3 is 0 Å². The second kappa shape index (κ2) is 9.41. The molecular formula is C29H31F2N5O. The van der Waals surface area contributed by atoms with Crippen molar-refractivity contribution < 1.29 is 13.6 Å². The summed E-state index contributed by atoms with van der Waals surface area (Å²) in [6.07, 6.45) is 3.24. The Kier molecular flexibility index (Phi) is 6.07. The first-order valence-electron chi connectivity index (χ1n) is 13.1. The fraction of sp³-hybridized carbons (Fsp3) is 0.379. The third-order valence-electron chi connectivity index (χ3n) is 8.13. The van der Waals surface area contributed by atoms with E-state index in [0.29, 0.717) is 46.8 Å². The van der Waals surface area contributed by atoms with Crippen molar-refractivity contribution in [3.8, 4) is 22.3 Å². The summed E-state index contributed by atoms with van der Waals surface area (Å²) < 4.78 is 29.8. The fourth-order valence-electron chi connectivity index (χ4n) is 5.72. The molecule has 0 radical (unpaired) electrons. The summed E-state index contributed by atoms with van der Waals surface area (Å²) in [5.74, 6) is -0.859. The van der Waals surface area contributed by atoms with Gasteiger partial charge in [0.05, 0.1) is 5.56 Å². The van der Waals surface area contributed by atoms with Crippen molar-refractivity contribution in [2.45, 2.75) is 32.2 Å². The first-order chi connectivity index (χ1) is 17.9. The lowest BCUT2D eigenvalue weighted by Crippen LogP contribution is -2.50. The van der Waals surface area contributed by atoms with Crippen LogP contribution in [0.25, 0.3) is 22.3 Å². The maximum absolute atomic E-state index is 14.9. The Balaban J connectivity index is 1.24. The first kappa shape index (κ1) is 23.9. The number of pyridine rings is 1. The Hall–Kier alpha value is -3.52. The molecule has 37 heavy (non-hydrogen) atoms. The second-order valence-electron chi connectivity index (χ2n) is 10.4. The zero-order valence-electron chi connectivity index (χ0n) is 20.9. The molecule has 0 unspecified atom stereocenters. The van der Waals surface area contributed by atoms with Gasteiger partial charge in [0.25, 0.3) is 5.91 Å². The van der Waals surface area contributed by atoms with E-state index in [1.54, 1.807) is 12.1 Å². The molecule has 192 valence electrons. The monoisotopic (exact) mass is 503 g/mol. The molecule has 1 aliphatic carbocycles. The molecule has 2 fully saturated rings. The fourth-order valence-corrected chi connectivity index (χ4v) is 5.72. The minimum absolute atomic E-state index is 0.0178. The molecule has 1 aromatic heterocycles. The largest absolute Gasteiger partial charge is 0.383 e. The van der Waals surface area contributed by atoms with E-state index in [1.807, 2.05) is 24.3 Å². The number of nitrogen functional groups attached to an aromatic ring is 1. The van der Waals surface area contributed by atoms with Gasteiger partial charge in [0, 0.05) is 55.6 Å². The Morgan fingerprint density at radius 1 is 1.00 bits per heavy atom. The van der Waals surface area contributed by atoms with E-state index in [1.165, 1.54) is 18.9 Å². The molecule has 3 heterocycles.